The Balaban J connectivity index is 0.807. The molecule has 15 heteroatoms. The van der Waals surface area contributed by atoms with Gasteiger partial charge in [-0.15, -0.1) is 0 Å². The van der Waals surface area contributed by atoms with Gasteiger partial charge in [0.2, 0.25) is 11.8 Å². The number of benzene rings is 2. The summed E-state index contributed by atoms with van der Waals surface area (Å²) in [6.07, 6.45) is 8.54. The number of methoxy groups -OCH3 is 1. The van der Waals surface area contributed by atoms with Crippen LogP contribution < -0.4 is 20.8 Å². The zero-order valence-corrected chi connectivity index (χ0v) is 33.8. The van der Waals surface area contributed by atoms with Crippen molar-refractivity contribution in [3.63, 3.8) is 0 Å². The van der Waals surface area contributed by atoms with Gasteiger partial charge in [0, 0.05) is 91.3 Å². The highest BCUT2D eigenvalue weighted by Crippen LogP contribution is 2.36. The molecule has 58 heavy (non-hydrogen) atoms. The first-order chi connectivity index (χ1) is 28.1. The van der Waals surface area contributed by atoms with Gasteiger partial charge in [0.1, 0.15) is 17.4 Å². The number of nitrogens with one attached hydrogen (secondary N) is 1. The Kier molecular flexibility index (Phi) is 11.3. The number of aryl methyl sites for hydroxylation is 1. The molecule has 2 aromatic heterocycles. The van der Waals surface area contributed by atoms with Crippen LogP contribution in [0.4, 0.5) is 11.4 Å². The fourth-order valence-electron chi connectivity index (χ4n) is 9.73. The number of nitrogens with zero attached hydrogens (tertiary/aromatic N) is 8. The van der Waals surface area contributed by atoms with Crippen LogP contribution in [-0.4, -0.2) is 124 Å². The normalized spacial score (nSPS) is 21.1. The van der Waals surface area contributed by atoms with Gasteiger partial charge in [-0.2, -0.15) is 10.2 Å². The molecule has 6 heterocycles. The number of anilines is 2. The minimum absolute atomic E-state index is 0.0610. The van der Waals surface area contributed by atoms with Crippen molar-refractivity contribution in [1.82, 2.24) is 34.4 Å². The number of para-hydroxylation sites is 2. The van der Waals surface area contributed by atoms with Gasteiger partial charge >= 0.3 is 5.69 Å². The van der Waals surface area contributed by atoms with E-state index in [0.717, 1.165) is 87.2 Å². The lowest BCUT2D eigenvalue weighted by molar-refractivity contribution is -0.159. The molecule has 2 N–H and O–H groups in total. The first kappa shape index (κ1) is 39.5. The summed E-state index contributed by atoms with van der Waals surface area (Å²) in [6, 6.07) is 14.4. The second-order valence-corrected chi connectivity index (χ2v) is 16.5. The molecule has 15 nitrogen and oxygen atoms in total. The molecule has 0 bridgehead atoms. The lowest BCUT2D eigenvalue weighted by atomic mass is 9.88. The van der Waals surface area contributed by atoms with E-state index in [4.69, 9.17) is 4.74 Å². The molecular weight excluding hydrogens is 739 g/mol. The Morgan fingerprint density at radius 1 is 0.948 bits per heavy atom. The molecule has 3 amide bonds. The van der Waals surface area contributed by atoms with Gasteiger partial charge in [-0.05, 0) is 81.3 Å². The van der Waals surface area contributed by atoms with E-state index >= 15 is 0 Å². The number of fused-ring (bicyclic) bond motifs is 1. The topological polar surface area (TPSA) is 158 Å². The highest BCUT2D eigenvalue weighted by atomic mass is 16.5. The van der Waals surface area contributed by atoms with Gasteiger partial charge in [0.15, 0.2) is 0 Å². The Labute approximate surface area is 338 Å². The first-order valence-electron chi connectivity index (χ1n) is 20.8. The summed E-state index contributed by atoms with van der Waals surface area (Å²) < 4.78 is 9.24. The number of carbonyl (C=O) groups is 3. The average Bonchev–Trinajstić information content (AvgIpc) is 3.51. The van der Waals surface area contributed by atoms with Gasteiger partial charge in [0.05, 0.1) is 34.3 Å². The van der Waals surface area contributed by atoms with Crippen LogP contribution >= 0.6 is 0 Å². The summed E-state index contributed by atoms with van der Waals surface area (Å²) in [7, 11) is 5.36. The van der Waals surface area contributed by atoms with Crippen molar-refractivity contribution in [2.45, 2.75) is 75.5 Å². The molecule has 4 saturated heterocycles. The van der Waals surface area contributed by atoms with Gasteiger partial charge < -0.3 is 29.4 Å². The highest BCUT2D eigenvalue weighted by molar-refractivity contribution is 6.00. The van der Waals surface area contributed by atoms with E-state index in [9.17, 15) is 24.3 Å². The summed E-state index contributed by atoms with van der Waals surface area (Å²) >= 11 is 0. The van der Waals surface area contributed by atoms with E-state index < -0.39 is 17.6 Å². The van der Waals surface area contributed by atoms with Crippen molar-refractivity contribution < 1.29 is 24.2 Å². The van der Waals surface area contributed by atoms with Crippen molar-refractivity contribution in [3.8, 4) is 17.0 Å². The van der Waals surface area contributed by atoms with Crippen molar-refractivity contribution >= 4 is 40.1 Å². The molecular formula is C43H55N9O6. The van der Waals surface area contributed by atoms with Gasteiger partial charge in [0.25, 0.3) is 5.91 Å². The quantitative estimate of drug-likeness (QED) is 0.226. The van der Waals surface area contributed by atoms with Crippen molar-refractivity contribution in [2.75, 3.05) is 69.8 Å². The lowest BCUT2D eigenvalue weighted by Crippen LogP contribution is -2.58. The largest absolute Gasteiger partial charge is 0.507 e. The summed E-state index contributed by atoms with van der Waals surface area (Å²) in [4.78, 5) is 61.1. The number of likely N-dealkylation sites (N-methyl/N-ethyl adjacent to an activating group) is 1. The molecule has 4 fully saturated rings. The fourth-order valence-corrected chi connectivity index (χ4v) is 9.73. The summed E-state index contributed by atoms with van der Waals surface area (Å²) in [5.74, 6) is 0.116. The van der Waals surface area contributed by atoms with Crippen LogP contribution in [0.2, 0.25) is 0 Å². The van der Waals surface area contributed by atoms with E-state index in [0.29, 0.717) is 49.5 Å². The number of imidazole rings is 1. The molecule has 0 spiro atoms. The second-order valence-electron chi connectivity index (χ2n) is 16.5. The number of phenolic OH excluding ortho intramolecular Hbond substituents is 1. The average molecular weight is 794 g/mol. The number of ether oxygens (including phenoxy) is 1. The molecule has 2 aromatic carbocycles. The van der Waals surface area contributed by atoms with Crippen molar-refractivity contribution in [2.24, 2.45) is 13.0 Å². The number of carbonyl (C=O) groups excluding carboxylic acids is 3. The molecule has 4 aliphatic heterocycles. The molecule has 1 atom stereocenters. The number of hydrogen-bond donors (Lipinski definition) is 2. The van der Waals surface area contributed by atoms with E-state index in [2.05, 4.69) is 36.3 Å². The molecule has 0 saturated carbocycles. The molecule has 4 aliphatic rings. The van der Waals surface area contributed by atoms with Crippen LogP contribution in [0.15, 0.2) is 59.5 Å². The number of aromatic hydroxyl groups is 1. The van der Waals surface area contributed by atoms with E-state index in [1.54, 1.807) is 41.6 Å². The maximum atomic E-state index is 14.1. The monoisotopic (exact) mass is 793 g/mol. The third-order valence-electron chi connectivity index (χ3n) is 13.4. The number of hydrogen-bond acceptors (Lipinski definition) is 11. The number of imide groups is 1. The Morgan fingerprint density at radius 2 is 1.69 bits per heavy atom. The zero-order valence-electron chi connectivity index (χ0n) is 33.8. The predicted molar refractivity (Wildman–Crippen MR) is 221 cm³/mol. The summed E-state index contributed by atoms with van der Waals surface area (Å²) in [5.41, 5.74) is 3.59. The molecule has 0 radical (unpaired) electrons. The van der Waals surface area contributed by atoms with E-state index in [1.807, 2.05) is 42.3 Å². The third kappa shape index (κ3) is 7.57. The minimum atomic E-state index is -0.865. The van der Waals surface area contributed by atoms with Crippen LogP contribution in [0.5, 0.6) is 5.75 Å². The number of amides is 3. The third-order valence-corrected chi connectivity index (χ3v) is 13.4. The van der Waals surface area contributed by atoms with Crippen LogP contribution in [0.3, 0.4) is 0 Å². The first-order valence-corrected chi connectivity index (χ1v) is 20.8. The maximum Gasteiger partial charge on any atom is 0.329 e. The maximum absolute atomic E-state index is 14.1. The smallest absolute Gasteiger partial charge is 0.329 e. The van der Waals surface area contributed by atoms with Crippen molar-refractivity contribution in [3.05, 3.63) is 65.2 Å². The molecule has 4 aromatic rings. The molecule has 308 valence electrons. The number of phenols is 1. The van der Waals surface area contributed by atoms with Crippen LogP contribution in [-0.2, 0) is 26.2 Å². The number of piperidine rings is 4. The van der Waals surface area contributed by atoms with E-state index in [-0.39, 0.29) is 35.7 Å². The van der Waals surface area contributed by atoms with E-state index in [1.165, 1.54) is 0 Å². The Hall–Kier alpha value is -5.28. The summed E-state index contributed by atoms with van der Waals surface area (Å²) in [5, 5.41) is 21.2. The standard InChI is InChI=1S/C43H55N9O6/c1-47(41(56)43(58-3)18-25-50(26-19-43)31-27-33(46-44-28-31)32-7-4-5-10-37(32)53)30-16-21-49(22-17-30)20-13-29-14-23-51(24-15-29)34-8-6-9-35-39(34)48(2)42(57)52(35)36-11-12-38(54)45-40(36)55/h4-10,27-30,36,53H,11-26H2,1-3H3,(H,45,54,55). The number of aromatic nitrogens is 4. The predicted octanol–water partition coefficient (Wildman–Crippen LogP) is 3.70. The van der Waals surface area contributed by atoms with Crippen LogP contribution in [0.1, 0.15) is 63.8 Å². The van der Waals surface area contributed by atoms with Crippen LogP contribution in [0, 0.1) is 5.92 Å². The fraction of sp³-hybridized carbons (Fsp3) is 0.535. The molecule has 0 aliphatic carbocycles. The van der Waals surface area contributed by atoms with Gasteiger partial charge in [-0.1, -0.05) is 18.2 Å². The highest BCUT2D eigenvalue weighted by Gasteiger charge is 2.45. The minimum Gasteiger partial charge on any atom is -0.507 e. The molecule has 8 rings (SSSR count). The number of rotatable bonds is 10. The van der Waals surface area contributed by atoms with Gasteiger partial charge in [-0.25, -0.2) is 4.79 Å². The van der Waals surface area contributed by atoms with Crippen molar-refractivity contribution in [1.29, 1.82) is 0 Å². The SMILES string of the molecule is COC1(C(=O)N(C)C2CCN(CCC3CCN(c4cccc5c4n(C)c(=O)n5C4CCC(=O)NC4=O)CC3)CC2)CCN(c2cnnc(-c3ccccc3O)c2)CC1. The number of likely N-dealkylation sites (tertiary alicyclic amines) is 1. The second kappa shape index (κ2) is 16.5. The Morgan fingerprint density at radius 3 is 2.40 bits per heavy atom. The van der Waals surface area contributed by atoms with Crippen LogP contribution in [0.25, 0.3) is 22.3 Å². The zero-order chi connectivity index (χ0) is 40.6. The summed E-state index contributed by atoms with van der Waals surface area (Å²) in [6.45, 7) is 6.05. The van der Waals surface area contributed by atoms with Gasteiger partial charge in [-0.3, -0.25) is 28.8 Å². The lowest BCUT2D eigenvalue weighted by Gasteiger charge is -2.45. The molecule has 1 unspecified atom stereocenters. The Bertz CT molecular complexity index is 2210.